The summed E-state index contributed by atoms with van der Waals surface area (Å²) in [5, 5.41) is 0.315. The van der Waals surface area contributed by atoms with Gasteiger partial charge in [-0.25, -0.2) is 9.97 Å². The molecule has 0 atom stereocenters. The predicted molar refractivity (Wildman–Crippen MR) is 98.5 cm³/mol. The van der Waals surface area contributed by atoms with Crippen molar-refractivity contribution in [3.8, 4) is 11.8 Å². The van der Waals surface area contributed by atoms with Crippen molar-refractivity contribution in [1.29, 1.82) is 0 Å². The number of halogens is 2. The number of alkyl halides is 2. The van der Waals surface area contributed by atoms with E-state index in [1.807, 2.05) is 6.07 Å². The van der Waals surface area contributed by atoms with Crippen LogP contribution in [0.4, 0.5) is 8.78 Å². The number of hydrogen-bond acceptors (Lipinski definition) is 3. The smallest absolute Gasteiger partial charge is 0.291 e. The lowest BCUT2D eigenvalue weighted by atomic mass is 9.83. The second-order valence-electron chi connectivity index (χ2n) is 7.57. The molecule has 1 aliphatic rings. The number of nitrogens with zero attached hydrogens (tertiary/aromatic N) is 3. The van der Waals surface area contributed by atoms with Gasteiger partial charge in [0.1, 0.15) is 5.69 Å². The van der Waals surface area contributed by atoms with Crippen LogP contribution in [0.15, 0.2) is 47.4 Å². The molecule has 0 saturated carbocycles. The molecule has 27 heavy (non-hydrogen) atoms. The summed E-state index contributed by atoms with van der Waals surface area (Å²) in [7, 11) is 0. The monoisotopic (exact) mass is 365 g/mol. The summed E-state index contributed by atoms with van der Waals surface area (Å²) in [5.41, 5.74) is 0.309. The van der Waals surface area contributed by atoms with Crippen molar-refractivity contribution >= 4 is 10.9 Å². The Kier molecular flexibility index (Phi) is 3.84. The summed E-state index contributed by atoms with van der Waals surface area (Å²) >= 11 is 0. The summed E-state index contributed by atoms with van der Waals surface area (Å²) in [6.07, 6.45) is 1.31. The molecule has 1 aromatic carbocycles. The molecular weight excluding hydrogens is 348 g/mol. The molecule has 3 heterocycles. The third kappa shape index (κ3) is 3.21. The molecule has 2 aromatic heterocycles. The minimum atomic E-state index is -3.15. The Labute approximate surface area is 154 Å². The molecule has 0 spiro atoms. The van der Waals surface area contributed by atoms with E-state index in [-0.39, 0.29) is 18.5 Å². The second kappa shape index (κ2) is 5.98. The molecule has 0 amide bonds. The van der Waals surface area contributed by atoms with Crippen LogP contribution in [0.2, 0.25) is 0 Å². The van der Waals surface area contributed by atoms with Gasteiger partial charge in [-0.05, 0) is 41.7 Å². The molecule has 4 rings (SSSR count). The van der Waals surface area contributed by atoms with E-state index < -0.39 is 22.7 Å². The normalized spacial score (nSPS) is 17.0. The maximum Gasteiger partial charge on any atom is 0.305 e. The zero-order valence-corrected chi connectivity index (χ0v) is 15.0. The van der Waals surface area contributed by atoms with Crippen LogP contribution in [-0.4, -0.2) is 14.5 Å². The highest BCUT2D eigenvalue weighted by Gasteiger charge is 2.47. The SMILES string of the molecule is CC1(C)Cn2c(nc3cc(C#Cc4ccccn4)ccc3c2=O)C(F)(F)C1. The minimum absolute atomic E-state index is 0.223. The molecule has 0 unspecified atom stereocenters. The number of fused-ring (bicyclic) bond motifs is 2. The highest BCUT2D eigenvalue weighted by Crippen LogP contribution is 2.43. The van der Waals surface area contributed by atoms with E-state index in [0.717, 1.165) is 4.57 Å². The fraction of sp³-hybridized carbons (Fsp3) is 0.286. The van der Waals surface area contributed by atoms with Crippen LogP contribution < -0.4 is 5.56 Å². The summed E-state index contributed by atoms with van der Waals surface area (Å²) in [5.74, 6) is 2.23. The van der Waals surface area contributed by atoms with Crippen LogP contribution in [0.25, 0.3) is 10.9 Å². The maximum atomic E-state index is 14.6. The van der Waals surface area contributed by atoms with Crippen molar-refractivity contribution < 1.29 is 8.78 Å². The van der Waals surface area contributed by atoms with Gasteiger partial charge in [0.05, 0.1) is 10.9 Å². The average Bonchev–Trinajstić information content (AvgIpc) is 2.61. The standard InChI is InChI=1S/C21H17F2N3O/c1-20(2)12-21(22,23)19-25-17-11-14(6-8-15-5-3-4-10-24-15)7-9-16(17)18(27)26(19)13-20/h3-5,7,9-11H,12-13H2,1-2H3. The van der Waals surface area contributed by atoms with Crippen LogP contribution in [0.1, 0.15) is 37.4 Å². The number of hydrogen-bond donors (Lipinski definition) is 0. The van der Waals surface area contributed by atoms with E-state index in [1.165, 1.54) is 0 Å². The number of pyridine rings is 1. The maximum absolute atomic E-state index is 14.6. The van der Waals surface area contributed by atoms with Gasteiger partial charge < -0.3 is 0 Å². The van der Waals surface area contributed by atoms with Crippen molar-refractivity contribution in [3.63, 3.8) is 0 Å². The molecule has 0 radical (unpaired) electrons. The molecule has 0 fully saturated rings. The van der Waals surface area contributed by atoms with E-state index in [2.05, 4.69) is 21.8 Å². The number of aromatic nitrogens is 3. The quantitative estimate of drug-likeness (QED) is 0.571. The number of benzene rings is 1. The molecular formula is C21H17F2N3O. The van der Waals surface area contributed by atoms with E-state index in [0.29, 0.717) is 16.6 Å². The fourth-order valence-electron chi connectivity index (χ4n) is 3.46. The Morgan fingerprint density at radius 3 is 2.70 bits per heavy atom. The van der Waals surface area contributed by atoms with Crippen molar-refractivity contribution in [2.45, 2.75) is 32.7 Å². The summed E-state index contributed by atoms with van der Waals surface area (Å²) < 4.78 is 30.3. The molecule has 4 nitrogen and oxygen atoms in total. The Bertz CT molecular complexity index is 1150. The molecule has 136 valence electrons. The van der Waals surface area contributed by atoms with Crippen LogP contribution in [0, 0.1) is 17.3 Å². The molecule has 0 N–H and O–H groups in total. The summed E-state index contributed by atoms with van der Waals surface area (Å²) in [4.78, 5) is 21.0. The second-order valence-corrected chi connectivity index (χ2v) is 7.57. The van der Waals surface area contributed by atoms with Crippen LogP contribution in [-0.2, 0) is 12.5 Å². The zero-order valence-electron chi connectivity index (χ0n) is 15.0. The van der Waals surface area contributed by atoms with Gasteiger partial charge in [-0.15, -0.1) is 0 Å². The van der Waals surface area contributed by atoms with Crippen molar-refractivity contribution in [3.05, 3.63) is 70.0 Å². The molecule has 0 aliphatic carbocycles. The van der Waals surface area contributed by atoms with Gasteiger partial charge in [0.15, 0.2) is 5.82 Å². The first-order chi connectivity index (χ1) is 12.8. The Hall–Kier alpha value is -3.07. The fourth-order valence-corrected chi connectivity index (χ4v) is 3.46. The Morgan fingerprint density at radius 2 is 1.96 bits per heavy atom. The van der Waals surface area contributed by atoms with E-state index in [1.54, 1.807) is 50.4 Å². The van der Waals surface area contributed by atoms with Crippen LogP contribution >= 0.6 is 0 Å². The summed E-state index contributed by atoms with van der Waals surface area (Å²) in [6, 6.07) is 10.3. The van der Waals surface area contributed by atoms with Gasteiger partial charge in [0, 0.05) is 24.7 Å². The first kappa shape index (κ1) is 17.3. The Balaban J connectivity index is 1.85. The van der Waals surface area contributed by atoms with Gasteiger partial charge in [0.25, 0.3) is 5.56 Å². The van der Waals surface area contributed by atoms with E-state index in [4.69, 9.17) is 0 Å². The average molecular weight is 365 g/mol. The molecule has 0 saturated heterocycles. The van der Waals surface area contributed by atoms with Gasteiger partial charge in [-0.1, -0.05) is 25.8 Å². The first-order valence-corrected chi connectivity index (χ1v) is 8.61. The predicted octanol–water partition coefficient (Wildman–Crippen LogP) is 3.71. The lowest BCUT2D eigenvalue weighted by Gasteiger charge is -2.36. The highest BCUT2D eigenvalue weighted by molar-refractivity contribution is 5.79. The van der Waals surface area contributed by atoms with Crippen molar-refractivity contribution in [1.82, 2.24) is 14.5 Å². The lowest BCUT2D eigenvalue weighted by Crippen LogP contribution is -2.43. The zero-order chi connectivity index (χ0) is 19.2. The van der Waals surface area contributed by atoms with Crippen molar-refractivity contribution in [2.24, 2.45) is 5.41 Å². The third-order valence-electron chi connectivity index (χ3n) is 4.57. The minimum Gasteiger partial charge on any atom is -0.291 e. The van der Waals surface area contributed by atoms with E-state index in [9.17, 15) is 13.6 Å². The molecule has 3 aromatic rings. The van der Waals surface area contributed by atoms with Crippen LogP contribution in [0.3, 0.4) is 0 Å². The van der Waals surface area contributed by atoms with Gasteiger partial charge in [-0.2, -0.15) is 8.78 Å². The summed E-state index contributed by atoms with van der Waals surface area (Å²) in [6.45, 7) is 3.69. The number of rotatable bonds is 0. The van der Waals surface area contributed by atoms with E-state index >= 15 is 0 Å². The van der Waals surface area contributed by atoms with Gasteiger partial charge in [-0.3, -0.25) is 9.36 Å². The van der Waals surface area contributed by atoms with Crippen LogP contribution in [0.5, 0.6) is 0 Å². The van der Waals surface area contributed by atoms with Gasteiger partial charge >= 0.3 is 5.92 Å². The lowest BCUT2D eigenvalue weighted by molar-refractivity contribution is -0.0793. The topological polar surface area (TPSA) is 47.8 Å². The molecule has 0 bridgehead atoms. The van der Waals surface area contributed by atoms with Crippen molar-refractivity contribution in [2.75, 3.05) is 0 Å². The Morgan fingerprint density at radius 1 is 1.15 bits per heavy atom. The largest absolute Gasteiger partial charge is 0.305 e. The van der Waals surface area contributed by atoms with Gasteiger partial charge in [0.2, 0.25) is 0 Å². The molecule has 1 aliphatic heterocycles. The first-order valence-electron chi connectivity index (χ1n) is 8.61. The highest BCUT2D eigenvalue weighted by atomic mass is 19.3. The third-order valence-corrected chi connectivity index (χ3v) is 4.57. The molecule has 6 heteroatoms.